The number of pyridine rings is 2. The van der Waals surface area contributed by atoms with Gasteiger partial charge in [-0.3, -0.25) is 4.98 Å². The normalized spacial score (nSPS) is 17.0. The number of piperidine rings is 1. The molecule has 0 amide bonds. The zero-order chi connectivity index (χ0) is 18.1. The maximum absolute atomic E-state index is 12.0. The van der Waals surface area contributed by atoms with E-state index in [9.17, 15) is 8.42 Å². The highest BCUT2D eigenvalue weighted by molar-refractivity contribution is 7.89. The third-order valence-electron chi connectivity index (χ3n) is 4.94. The molecule has 0 spiro atoms. The van der Waals surface area contributed by atoms with Crippen molar-refractivity contribution in [3.8, 4) is 11.1 Å². The van der Waals surface area contributed by atoms with Gasteiger partial charge >= 0.3 is 0 Å². The van der Waals surface area contributed by atoms with Crippen molar-refractivity contribution < 1.29 is 8.42 Å². The predicted octanol–water partition coefficient (Wildman–Crippen LogP) is 2.32. The van der Waals surface area contributed by atoms with Crippen LogP contribution >= 0.6 is 0 Å². The molecule has 8 heteroatoms. The fraction of sp³-hybridized carbons (Fsp3) is 0.389. The molecule has 0 aromatic carbocycles. The van der Waals surface area contributed by atoms with E-state index in [1.165, 1.54) is 0 Å². The fourth-order valence-corrected chi connectivity index (χ4v) is 4.50. The van der Waals surface area contributed by atoms with Crippen molar-refractivity contribution in [2.24, 2.45) is 0 Å². The molecule has 0 atom stereocenters. The maximum Gasteiger partial charge on any atom is 0.213 e. The molecule has 0 N–H and O–H groups in total. The summed E-state index contributed by atoms with van der Waals surface area (Å²) in [5, 5.41) is 4.65. The van der Waals surface area contributed by atoms with Gasteiger partial charge in [0.05, 0.1) is 5.75 Å². The molecular weight excluding hydrogens is 350 g/mol. The molecule has 4 rings (SSSR count). The Kier molecular flexibility index (Phi) is 4.46. The lowest BCUT2D eigenvalue weighted by molar-refractivity contribution is 0.314. The number of hydrogen-bond donors (Lipinski definition) is 0. The van der Waals surface area contributed by atoms with Gasteiger partial charge in [-0.05, 0) is 49.6 Å². The summed E-state index contributed by atoms with van der Waals surface area (Å²) in [7, 11) is -3.11. The van der Waals surface area contributed by atoms with Crippen molar-refractivity contribution in [2.75, 3.05) is 18.8 Å². The lowest BCUT2D eigenvalue weighted by Gasteiger charge is -2.29. The Bertz CT molecular complexity index is 1010. The number of rotatable bonds is 4. The van der Waals surface area contributed by atoms with E-state index in [0.717, 1.165) is 35.4 Å². The van der Waals surface area contributed by atoms with Gasteiger partial charge in [0, 0.05) is 43.2 Å². The van der Waals surface area contributed by atoms with Crippen LogP contribution in [0.1, 0.15) is 31.5 Å². The summed E-state index contributed by atoms with van der Waals surface area (Å²) in [6.07, 6.45) is 7.02. The van der Waals surface area contributed by atoms with E-state index in [-0.39, 0.29) is 11.7 Å². The van der Waals surface area contributed by atoms with Gasteiger partial charge in [0.1, 0.15) is 0 Å². The van der Waals surface area contributed by atoms with Crippen molar-refractivity contribution in [3.05, 3.63) is 48.7 Å². The Labute approximate surface area is 152 Å². The Morgan fingerprint density at radius 1 is 1.08 bits per heavy atom. The topological polar surface area (TPSA) is 80.5 Å². The zero-order valence-electron chi connectivity index (χ0n) is 14.6. The van der Waals surface area contributed by atoms with Gasteiger partial charge in [-0.15, -0.1) is 0 Å². The Morgan fingerprint density at radius 2 is 1.81 bits per heavy atom. The highest BCUT2D eigenvalue weighted by atomic mass is 32.2. The van der Waals surface area contributed by atoms with Crippen LogP contribution in [0.25, 0.3) is 16.8 Å². The lowest BCUT2D eigenvalue weighted by atomic mass is 9.98. The van der Waals surface area contributed by atoms with E-state index in [1.807, 2.05) is 30.5 Å². The number of sulfonamides is 1. The first-order valence-electron chi connectivity index (χ1n) is 8.81. The fourth-order valence-electron chi connectivity index (χ4n) is 3.36. The summed E-state index contributed by atoms with van der Waals surface area (Å²) in [6.45, 7) is 2.77. The summed E-state index contributed by atoms with van der Waals surface area (Å²) in [5.41, 5.74) is 2.94. The van der Waals surface area contributed by atoms with Crippen LogP contribution in [0, 0.1) is 0 Å². The Morgan fingerprint density at radius 3 is 2.50 bits per heavy atom. The maximum atomic E-state index is 12.0. The molecule has 0 aliphatic carbocycles. The van der Waals surface area contributed by atoms with Gasteiger partial charge in [0.2, 0.25) is 10.0 Å². The first-order chi connectivity index (χ1) is 12.6. The van der Waals surface area contributed by atoms with E-state index in [0.29, 0.717) is 13.1 Å². The van der Waals surface area contributed by atoms with Crippen molar-refractivity contribution in [1.29, 1.82) is 0 Å². The van der Waals surface area contributed by atoms with Crippen molar-refractivity contribution in [3.63, 3.8) is 0 Å². The molecule has 4 heterocycles. The van der Waals surface area contributed by atoms with E-state index in [2.05, 4.69) is 15.1 Å². The molecule has 7 nitrogen and oxygen atoms in total. The first kappa shape index (κ1) is 17.1. The summed E-state index contributed by atoms with van der Waals surface area (Å²) < 4.78 is 27.4. The Balaban J connectivity index is 1.55. The van der Waals surface area contributed by atoms with Crippen molar-refractivity contribution in [1.82, 2.24) is 23.9 Å². The highest BCUT2D eigenvalue weighted by Crippen LogP contribution is 2.28. The summed E-state index contributed by atoms with van der Waals surface area (Å²) in [4.78, 5) is 8.70. The van der Waals surface area contributed by atoms with E-state index >= 15 is 0 Å². The first-order valence-corrected chi connectivity index (χ1v) is 10.4. The smallest absolute Gasteiger partial charge is 0.213 e. The molecule has 1 saturated heterocycles. The molecule has 3 aromatic heterocycles. The quantitative estimate of drug-likeness (QED) is 0.703. The van der Waals surface area contributed by atoms with Gasteiger partial charge in [0.25, 0.3) is 0 Å². The molecule has 1 aliphatic rings. The molecule has 1 fully saturated rings. The molecule has 1 aliphatic heterocycles. The van der Waals surface area contributed by atoms with Gasteiger partial charge in [-0.25, -0.2) is 22.2 Å². The average molecular weight is 371 g/mol. The van der Waals surface area contributed by atoms with Crippen LogP contribution in [0.3, 0.4) is 0 Å². The lowest BCUT2D eigenvalue weighted by Crippen LogP contribution is -2.38. The molecule has 136 valence electrons. The van der Waals surface area contributed by atoms with Crippen LogP contribution in [0.15, 0.2) is 42.9 Å². The average Bonchev–Trinajstić information content (AvgIpc) is 3.12. The van der Waals surface area contributed by atoms with Gasteiger partial charge in [0.15, 0.2) is 11.5 Å². The van der Waals surface area contributed by atoms with Crippen LogP contribution in [0.5, 0.6) is 0 Å². The molecule has 0 bridgehead atoms. The Hall–Kier alpha value is -2.32. The minimum absolute atomic E-state index is 0.155. The minimum atomic E-state index is -3.11. The minimum Gasteiger partial charge on any atom is -0.265 e. The van der Waals surface area contributed by atoms with E-state index < -0.39 is 10.0 Å². The van der Waals surface area contributed by atoms with Crippen LogP contribution in [0.2, 0.25) is 0 Å². The summed E-state index contributed by atoms with van der Waals surface area (Å²) >= 11 is 0. The molecular formula is C18H21N5O2S. The second-order valence-electron chi connectivity index (χ2n) is 6.50. The summed E-state index contributed by atoms with van der Waals surface area (Å²) in [6, 6.07) is 7.91. The van der Waals surface area contributed by atoms with Crippen LogP contribution < -0.4 is 0 Å². The standard InChI is InChI=1S/C18H21N5O2S/c1-2-26(24,25)22-11-7-15(8-12-22)18-20-17-4-3-16(13-23(17)21-18)14-5-9-19-10-6-14/h3-6,9-10,13,15H,2,7-8,11-12H2,1H3. The van der Waals surface area contributed by atoms with Gasteiger partial charge in [-0.2, -0.15) is 5.10 Å². The third-order valence-corrected chi connectivity index (χ3v) is 6.82. The monoisotopic (exact) mass is 371 g/mol. The van der Waals surface area contributed by atoms with Crippen LogP contribution in [-0.2, 0) is 10.0 Å². The van der Waals surface area contributed by atoms with Crippen LogP contribution in [-0.4, -0.2) is 51.1 Å². The largest absolute Gasteiger partial charge is 0.265 e. The number of nitrogens with zero attached hydrogens (tertiary/aromatic N) is 5. The zero-order valence-corrected chi connectivity index (χ0v) is 15.4. The second kappa shape index (κ2) is 6.77. The predicted molar refractivity (Wildman–Crippen MR) is 99.2 cm³/mol. The molecule has 26 heavy (non-hydrogen) atoms. The third kappa shape index (κ3) is 3.22. The molecule has 0 unspecified atom stereocenters. The number of aromatic nitrogens is 4. The van der Waals surface area contributed by atoms with Gasteiger partial charge < -0.3 is 0 Å². The van der Waals surface area contributed by atoms with Crippen LogP contribution in [0.4, 0.5) is 0 Å². The van der Waals surface area contributed by atoms with Crippen molar-refractivity contribution in [2.45, 2.75) is 25.7 Å². The van der Waals surface area contributed by atoms with Crippen molar-refractivity contribution >= 4 is 15.7 Å². The number of hydrogen-bond acceptors (Lipinski definition) is 5. The SMILES string of the molecule is CCS(=O)(=O)N1CCC(c2nc3ccc(-c4ccncc4)cn3n2)CC1. The number of fused-ring (bicyclic) bond motifs is 1. The molecule has 0 radical (unpaired) electrons. The molecule has 0 saturated carbocycles. The summed E-state index contributed by atoms with van der Waals surface area (Å²) in [5.74, 6) is 1.15. The van der Waals surface area contributed by atoms with Gasteiger partial charge in [-0.1, -0.05) is 0 Å². The van der Waals surface area contributed by atoms with E-state index in [4.69, 9.17) is 0 Å². The molecule has 3 aromatic rings. The second-order valence-corrected chi connectivity index (χ2v) is 8.76. The highest BCUT2D eigenvalue weighted by Gasteiger charge is 2.29. The van der Waals surface area contributed by atoms with E-state index in [1.54, 1.807) is 28.1 Å².